The second-order valence-corrected chi connectivity index (χ2v) is 4.23. The molecule has 0 aliphatic carbocycles. The molecule has 5 heteroatoms. The predicted molar refractivity (Wildman–Crippen MR) is 60.2 cm³/mol. The number of ketones is 1. The minimum Gasteiger partial charge on any atom is -0.465 e. The van der Waals surface area contributed by atoms with Crippen LogP contribution in [0.3, 0.4) is 0 Å². The summed E-state index contributed by atoms with van der Waals surface area (Å²) in [6.45, 7) is 0.920. The summed E-state index contributed by atoms with van der Waals surface area (Å²) < 4.78 is 0. The van der Waals surface area contributed by atoms with Crippen LogP contribution in [0.1, 0.15) is 12.8 Å². The fourth-order valence-electron chi connectivity index (χ4n) is 1.71. The van der Waals surface area contributed by atoms with E-state index in [0.717, 1.165) is 0 Å². The Bertz CT molecular complexity index is 292. The molecule has 0 bridgehead atoms. The summed E-state index contributed by atoms with van der Waals surface area (Å²) in [4.78, 5) is 25.5. The summed E-state index contributed by atoms with van der Waals surface area (Å²) in [6.07, 6.45) is 3.66. The Morgan fingerprint density at radius 1 is 1.31 bits per heavy atom. The number of hydrogen-bond donors (Lipinski definition) is 1. The van der Waals surface area contributed by atoms with Crippen LogP contribution < -0.4 is 0 Å². The van der Waals surface area contributed by atoms with Crippen molar-refractivity contribution in [1.29, 1.82) is 0 Å². The molecule has 1 saturated heterocycles. The molecule has 0 saturated carbocycles. The van der Waals surface area contributed by atoms with Crippen molar-refractivity contribution in [3.8, 4) is 0 Å². The smallest absolute Gasteiger partial charge is 0.407 e. The summed E-state index contributed by atoms with van der Waals surface area (Å²) in [5.74, 6) is 0.0746. The van der Waals surface area contributed by atoms with Gasteiger partial charge in [-0.3, -0.25) is 4.79 Å². The lowest BCUT2D eigenvalue weighted by atomic mass is 9.92. The Labute approximate surface area is 95.3 Å². The number of carboxylic acid groups (broad SMARTS) is 1. The van der Waals surface area contributed by atoms with Crippen LogP contribution in [0.2, 0.25) is 0 Å². The molecule has 0 radical (unpaired) electrons. The molecule has 0 aromatic heterocycles. The zero-order valence-electron chi connectivity index (χ0n) is 9.72. The lowest BCUT2D eigenvalue weighted by Crippen LogP contribution is -2.39. The van der Waals surface area contributed by atoms with E-state index < -0.39 is 6.09 Å². The fourth-order valence-corrected chi connectivity index (χ4v) is 1.71. The number of amides is 1. The molecule has 0 aromatic rings. The number of piperidine rings is 1. The number of carbonyl (C=O) groups is 2. The summed E-state index contributed by atoms with van der Waals surface area (Å²) in [7, 11) is 3.72. The number of allylic oxidation sites excluding steroid dienone is 1. The van der Waals surface area contributed by atoms with Gasteiger partial charge >= 0.3 is 6.09 Å². The van der Waals surface area contributed by atoms with Crippen LogP contribution in [0, 0.1) is 5.92 Å². The van der Waals surface area contributed by atoms with Gasteiger partial charge in [0.25, 0.3) is 0 Å². The van der Waals surface area contributed by atoms with Gasteiger partial charge in [-0.2, -0.15) is 0 Å². The van der Waals surface area contributed by atoms with E-state index in [1.165, 1.54) is 4.90 Å². The fraction of sp³-hybridized carbons (Fsp3) is 0.636. The Morgan fingerprint density at radius 2 is 1.88 bits per heavy atom. The molecule has 0 aromatic carbocycles. The number of likely N-dealkylation sites (tertiary alicyclic amines) is 1. The van der Waals surface area contributed by atoms with Gasteiger partial charge in [0.05, 0.1) is 0 Å². The van der Waals surface area contributed by atoms with Crippen molar-refractivity contribution in [2.75, 3.05) is 27.2 Å². The number of rotatable bonds is 3. The van der Waals surface area contributed by atoms with E-state index in [1.54, 1.807) is 12.3 Å². The highest BCUT2D eigenvalue weighted by Crippen LogP contribution is 2.18. The van der Waals surface area contributed by atoms with Gasteiger partial charge < -0.3 is 14.9 Å². The SMILES string of the molecule is CN(C)/C=C/C(=O)C1CCN(C(=O)O)CC1. The zero-order valence-corrected chi connectivity index (χ0v) is 9.72. The molecular weight excluding hydrogens is 208 g/mol. The Balaban J connectivity index is 2.42. The third-order valence-electron chi connectivity index (χ3n) is 2.70. The summed E-state index contributed by atoms with van der Waals surface area (Å²) in [6, 6.07) is 0. The Morgan fingerprint density at radius 3 is 2.31 bits per heavy atom. The monoisotopic (exact) mass is 226 g/mol. The number of carbonyl (C=O) groups excluding carboxylic acids is 1. The van der Waals surface area contributed by atoms with Crippen LogP contribution in [0.4, 0.5) is 4.79 Å². The van der Waals surface area contributed by atoms with E-state index in [2.05, 4.69) is 0 Å². The highest BCUT2D eigenvalue weighted by Gasteiger charge is 2.25. The maximum absolute atomic E-state index is 11.7. The average Bonchev–Trinajstić information content (AvgIpc) is 2.26. The van der Waals surface area contributed by atoms with Gasteiger partial charge in [-0.15, -0.1) is 0 Å². The van der Waals surface area contributed by atoms with E-state index in [4.69, 9.17) is 5.11 Å². The topological polar surface area (TPSA) is 60.9 Å². The molecule has 1 aliphatic rings. The predicted octanol–water partition coefficient (Wildman–Crippen LogP) is 1.02. The van der Waals surface area contributed by atoms with Gasteiger partial charge in [-0.25, -0.2) is 4.79 Å². The van der Waals surface area contributed by atoms with E-state index in [1.807, 2.05) is 19.0 Å². The molecule has 0 atom stereocenters. The Kier molecular flexibility index (Phi) is 4.34. The molecule has 1 aliphatic heterocycles. The molecule has 1 amide bonds. The van der Waals surface area contributed by atoms with Gasteiger partial charge in [0.2, 0.25) is 0 Å². The molecule has 1 N–H and O–H groups in total. The van der Waals surface area contributed by atoms with E-state index >= 15 is 0 Å². The quantitative estimate of drug-likeness (QED) is 0.730. The van der Waals surface area contributed by atoms with Crippen molar-refractivity contribution >= 4 is 11.9 Å². The molecule has 1 rings (SSSR count). The minimum atomic E-state index is -0.894. The third-order valence-corrected chi connectivity index (χ3v) is 2.70. The lowest BCUT2D eigenvalue weighted by molar-refractivity contribution is -0.119. The highest BCUT2D eigenvalue weighted by atomic mass is 16.4. The summed E-state index contributed by atoms with van der Waals surface area (Å²) >= 11 is 0. The first-order valence-electron chi connectivity index (χ1n) is 5.37. The van der Waals surface area contributed by atoms with Gasteiger partial charge in [-0.1, -0.05) is 0 Å². The van der Waals surface area contributed by atoms with Crippen LogP contribution in [-0.2, 0) is 4.79 Å². The first-order chi connectivity index (χ1) is 7.50. The van der Waals surface area contributed by atoms with Gasteiger partial charge in [0.1, 0.15) is 0 Å². The van der Waals surface area contributed by atoms with E-state index in [-0.39, 0.29) is 11.7 Å². The molecule has 1 heterocycles. The van der Waals surface area contributed by atoms with Crippen LogP contribution in [0.25, 0.3) is 0 Å². The van der Waals surface area contributed by atoms with Gasteiger partial charge in [0, 0.05) is 39.3 Å². The van der Waals surface area contributed by atoms with Crippen molar-refractivity contribution in [3.63, 3.8) is 0 Å². The standard InChI is InChI=1S/C11H18N2O3/c1-12(2)6-5-10(14)9-3-7-13(8-4-9)11(15)16/h5-6,9H,3-4,7-8H2,1-2H3,(H,15,16)/b6-5+. The largest absolute Gasteiger partial charge is 0.465 e. The maximum Gasteiger partial charge on any atom is 0.407 e. The first-order valence-corrected chi connectivity index (χ1v) is 5.37. The second kappa shape index (κ2) is 5.53. The Hall–Kier alpha value is -1.52. The molecule has 16 heavy (non-hydrogen) atoms. The maximum atomic E-state index is 11.7. The van der Waals surface area contributed by atoms with E-state index in [0.29, 0.717) is 25.9 Å². The molecular formula is C11H18N2O3. The molecule has 0 spiro atoms. The van der Waals surface area contributed by atoms with Crippen molar-refractivity contribution < 1.29 is 14.7 Å². The molecule has 0 unspecified atom stereocenters. The summed E-state index contributed by atoms with van der Waals surface area (Å²) in [5.41, 5.74) is 0. The highest BCUT2D eigenvalue weighted by molar-refractivity contribution is 5.91. The first kappa shape index (κ1) is 12.5. The van der Waals surface area contributed by atoms with Gasteiger partial charge in [0.15, 0.2) is 5.78 Å². The lowest BCUT2D eigenvalue weighted by Gasteiger charge is -2.28. The van der Waals surface area contributed by atoms with Crippen molar-refractivity contribution in [2.45, 2.75) is 12.8 Å². The van der Waals surface area contributed by atoms with Crippen molar-refractivity contribution in [1.82, 2.24) is 9.80 Å². The molecule has 5 nitrogen and oxygen atoms in total. The third kappa shape index (κ3) is 3.56. The van der Waals surface area contributed by atoms with Crippen molar-refractivity contribution in [2.24, 2.45) is 5.92 Å². The molecule has 90 valence electrons. The number of nitrogens with zero attached hydrogens (tertiary/aromatic N) is 2. The minimum absolute atomic E-state index is 0.0215. The van der Waals surface area contributed by atoms with Crippen LogP contribution in [0.15, 0.2) is 12.3 Å². The second-order valence-electron chi connectivity index (χ2n) is 4.23. The van der Waals surface area contributed by atoms with Crippen LogP contribution in [0.5, 0.6) is 0 Å². The summed E-state index contributed by atoms with van der Waals surface area (Å²) in [5, 5.41) is 8.76. The van der Waals surface area contributed by atoms with Crippen LogP contribution >= 0.6 is 0 Å². The van der Waals surface area contributed by atoms with E-state index in [9.17, 15) is 9.59 Å². The average molecular weight is 226 g/mol. The molecule has 1 fully saturated rings. The van der Waals surface area contributed by atoms with Crippen LogP contribution in [-0.4, -0.2) is 54.0 Å². The van der Waals surface area contributed by atoms with Crippen molar-refractivity contribution in [3.05, 3.63) is 12.3 Å². The number of hydrogen-bond acceptors (Lipinski definition) is 3. The zero-order chi connectivity index (χ0) is 12.1. The van der Waals surface area contributed by atoms with Gasteiger partial charge in [-0.05, 0) is 18.9 Å². The normalized spacial score (nSPS) is 17.8.